The van der Waals surface area contributed by atoms with Gasteiger partial charge in [-0.15, -0.1) is 0 Å². The molecule has 5 aliphatic carbocycles. The minimum Gasteiger partial charge on any atom is -0.458 e. The number of rotatable bonds is 0. The number of fused-ring (bicyclic) bond motifs is 9. The lowest BCUT2D eigenvalue weighted by molar-refractivity contribution is -0.172. The zero-order valence-corrected chi connectivity index (χ0v) is 15.6. The van der Waals surface area contributed by atoms with E-state index in [4.69, 9.17) is 4.74 Å². The molecule has 0 radical (unpaired) electrons. The average Bonchev–Trinajstić information content (AvgIpc) is 3.24. The second-order valence-corrected chi connectivity index (χ2v) is 10.2. The Labute approximate surface area is 155 Å². The fourth-order valence-corrected chi connectivity index (χ4v) is 8.46. The van der Waals surface area contributed by atoms with Gasteiger partial charge in [-0.3, -0.25) is 9.59 Å². The molecule has 0 N–H and O–H groups in total. The monoisotopic (exact) mass is 352 g/mol. The fourth-order valence-electron chi connectivity index (χ4n) is 8.46. The number of carbonyl (C=O) groups is 2. The summed E-state index contributed by atoms with van der Waals surface area (Å²) in [6, 6.07) is 0. The topological polar surface area (TPSA) is 43.4 Å². The molecule has 1 aliphatic heterocycles. The zero-order valence-electron chi connectivity index (χ0n) is 15.6. The Balaban J connectivity index is 1.41. The maximum atomic E-state index is 12.1. The Kier molecular flexibility index (Phi) is 2.84. The summed E-state index contributed by atoms with van der Waals surface area (Å²) in [5.74, 6) is 4.10. The summed E-state index contributed by atoms with van der Waals surface area (Å²) in [6.45, 7) is 6.96. The molecule has 5 unspecified atom stereocenters. The summed E-state index contributed by atoms with van der Waals surface area (Å²) in [4.78, 5) is 24.0. The average molecular weight is 352 g/mol. The molecule has 1 heterocycles. The van der Waals surface area contributed by atoms with E-state index in [0.717, 1.165) is 31.6 Å². The molecule has 0 aromatic heterocycles. The maximum Gasteiger partial charge on any atom is 0.306 e. The van der Waals surface area contributed by atoms with Gasteiger partial charge in [0.2, 0.25) is 0 Å². The van der Waals surface area contributed by atoms with Crippen LogP contribution in [0.1, 0.15) is 58.3 Å². The van der Waals surface area contributed by atoms with Crippen LogP contribution in [0.2, 0.25) is 0 Å². The van der Waals surface area contributed by atoms with Crippen LogP contribution in [-0.4, -0.2) is 17.4 Å². The number of carbonyl (C=O) groups excluding carboxylic acids is 2. The molecule has 0 aromatic rings. The highest BCUT2D eigenvalue weighted by atomic mass is 16.6. The minimum absolute atomic E-state index is 0.0260. The number of allylic oxidation sites excluding steroid dienone is 2. The van der Waals surface area contributed by atoms with Gasteiger partial charge in [0, 0.05) is 24.2 Å². The van der Waals surface area contributed by atoms with Crippen LogP contribution >= 0.6 is 0 Å². The van der Waals surface area contributed by atoms with Crippen molar-refractivity contribution in [2.75, 3.05) is 0 Å². The Bertz CT molecular complexity index is 778. The molecule has 1 saturated heterocycles. The highest BCUT2D eigenvalue weighted by Gasteiger charge is 2.78. The molecule has 6 rings (SSSR count). The van der Waals surface area contributed by atoms with E-state index in [9.17, 15) is 9.59 Å². The number of esters is 1. The number of ether oxygens (including phenoxy) is 1. The lowest BCUT2D eigenvalue weighted by Gasteiger charge is -2.57. The molecule has 138 valence electrons. The number of hydrogen-bond acceptors (Lipinski definition) is 3. The lowest BCUT2D eigenvalue weighted by atomic mass is 9.48. The molecular weight excluding hydrogens is 324 g/mol. The Hall–Kier alpha value is -1.38. The summed E-state index contributed by atoms with van der Waals surface area (Å²) in [6.07, 6.45) is 9.79. The van der Waals surface area contributed by atoms with E-state index in [1.54, 1.807) is 0 Å². The highest BCUT2D eigenvalue weighted by Crippen LogP contribution is 2.78. The highest BCUT2D eigenvalue weighted by molar-refractivity contribution is 5.91. The van der Waals surface area contributed by atoms with Crippen molar-refractivity contribution in [3.05, 3.63) is 23.8 Å². The molecular formula is C23H28O3. The predicted molar refractivity (Wildman–Crippen MR) is 97.0 cm³/mol. The molecule has 3 heteroatoms. The van der Waals surface area contributed by atoms with E-state index < -0.39 is 0 Å². The molecule has 3 nitrogen and oxygen atoms in total. The molecule has 4 saturated carbocycles. The van der Waals surface area contributed by atoms with Crippen LogP contribution < -0.4 is 0 Å². The summed E-state index contributed by atoms with van der Waals surface area (Å²) < 4.78 is 6.15. The van der Waals surface area contributed by atoms with Crippen molar-refractivity contribution in [2.24, 2.45) is 40.9 Å². The molecule has 0 bridgehead atoms. The minimum atomic E-state index is -0.177. The fraction of sp³-hybridized carbons (Fsp3) is 0.739. The van der Waals surface area contributed by atoms with Gasteiger partial charge in [0.05, 0.1) is 0 Å². The van der Waals surface area contributed by atoms with Gasteiger partial charge in [0.15, 0.2) is 5.78 Å². The summed E-state index contributed by atoms with van der Waals surface area (Å²) in [5.41, 5.74) is 2.67. The van der Waals surface area contributed by atoms with Crippen molar-refractivity contribution in [3.8, 4) is 0 Å². The molecule has 26 heavy (non-hydrogen) atoms. The van der Waals surface area contributed by atoms with Crippen molar-refractivity contribution >= 4 is 11.8 Å². The van der Waals surface area contributed by atoms with Gasteiger partial charge in [0.1, 0.15) is 5.60 Å². The molecule has 6 aliphatic rings. The first-order valence-corrected chi connectivity index (χ1v) is 10.6. The van der Waals surface area contributed by atoms with E-state index in [-0.39, 0.29) is 17.0 Å². The summed E-state index contributed by atoms with van der Waals surface area (Å²) in [5, 5.41) is 0. The maximum absolute atomic E-state index is 12.1. The number of hydrogen-bond donors (Lipinski definition) is 0. The first kappa shape index (κ1) is 15.7. The van der Waals surface area contributed by atoms with Gasteiger partial charge in [-0.05, 0) is 74.2 Å². The molecule has 8 atom stereocenters. The van der Waals surface area contributed by atoms with Gasteiger partial charge < -0.3 is 4.74 Å². The van der Waals surface area contributed by atoms with Crippen LogP contribution in [0.4, 0.5) is 0 Å². The van der Waals surface area contributed by atoms with Crippen molar-refractivity contribution in [1.29, 1.82) is 0 Å². The second kappa shape index (κ2) is 4.72. The lowest BCUT2D eigenvalue weighted by Crippen LogP contribution is -2.55. The normalized spacial score (nSPS) is 54.2. The van der Waals surface area contributed by atoms with E-state index in [2.05, 4.69) is 13.5 Å². The van der Waals surface area contributed by atoms with Crippen molar-refractivity contribution in [3.63, 3.8) is 0 Å². The Morgan fingerprint density at radius 3 is 2.77 bits per heavy atom. The van der Waals surface area contributed by atoms with E-state index in [1.807, 2.05) is 6.08 Å². The quantitative estimate of drug-likeness (QED) is 0.484. The van der Waals surface area contributed by atoms with Crippen LogP contribution in [-0.2, 0) is 14.3 Å². The Morgan fingerprint density at radius 1 is 1.15 bits per heavy atom. The summed E-state index contributed by atoms with van der Waals surface area (Å²) in [7, 11) is 0. The summed E-state index contributed by atoms with van der Waals surface area (Å²) >= 11 is 0. The van der Waals surface area contributed by atoms with Crippen LogP contribution in [0, 0.1) is 40.9 Å². The van der Waals surface area contributed by atoms with Crippen molar-refractivity contribution < 1.29 is 14.3 Å². The third-order valence-electron chi connectivity index (χ3n) is 9.39. The van der Waals surface area contributed by atoms with Gasteiger partial charge in [-0.2, -0.15) is 0 Å². The van der Waals surface area contributed by atoms with Crippen LogP contribution in [0.5, 0.6) is 0 Å². The first-order chi connectivity index (χ1) is 12.4. The third kappa shape index (κ3) is 1.67. The Morgan fingerprint density at radius 2 is 2.00 bits per heavy atom. The smallest absolute Gasteiger partial charge is 0.306 e. The standard InChI is InChI=1S/C23H28O3/c1-12-9-13-10-14(24)3-4-15(13)16-5-7-22(2)21(20(12)16)17-11-18(17)23(22)8-6-19(25)26-23/h10,15-18,20-21H,1,3-9,11H2,2H3/t15-,16?,17?,18?,20?,21?,22-,23-/m0/s1. The van der Waals surface area contributed by atoms with Crippen LogP contribution in [0.25, 0.3) is 0 Å². The second-order valence-electron chi connectivity index (χ2n) is 10.2. The van der Waals surface area contributed by atoms with Crippen LogP contribution in [0.15, 0.2) is 23.8 Å². The van der Waals surface area contributed by atoms with Gasteiger partial charge in [-0.25, -0.2) is 0 Å². The first-order valence-electron chi connectivity index (χ1n) is 10.6. The van der Waals surface area contributed by atoms with E-state index in [0.29, 0.717) is 41.8 Å². The zero-order chi connectivity index (χ0) is 17.8. The third-order valence-corrected chi connectivity index (χ3v) is 9.39. The molecule has 0 aromatic carbocycles. The largest absolute Gasteiger partial charge is 0.458 e. The number of ketones is 1. The van der Waals surface area contributed by atoms with Crippen molar-refractivity contribution in [1.82, 2.24) is 0 Å². The molecule has 5 fully saturated rings. The van der Waals surface area contributed by atoms with Gasteiger partial charge >= 0.3 is 5.97 Å². The van der Waals surface area contributed by atoms with Gasteiger partial charge in [-0.1, -0.05) is 24.6 Å². The van der Waals surface area contributed by atoms with Crippen LogP contribution in [0.3, 0.4) is 0 Å². The van der Waals surface area contributed by atoms with Gasteiger partial charge in [0.25, 0.3) is 0 Å². The van der Waals surface area contributed by atoms with E-state index >= 15 is 0 Å². The SMILES string of the molecule is C=C1CC2=CC(=O)CC[C@@H]2C2CC[C@@]3(C)C(C4CC4[C@@]34CCC(=O)O4)C12. The predicted octanol–water partition coefficient (Wildman–Crippen LogP) is 4.23. The van der Waals surface area contributed by atoms with Crippen molar-refractivity contribution in [2.45, 2.75) is 63.9 Å². The van der Waals surface area contributed by atoms with E-state index in [1.165, 1.54) is 30.4 Å². The molecule has 0 amide bonds. The molecule has 1 spiro atoms.